The molecule has 0 fully saturated rings. The van der Waals surface area contributed by atoms with Crippen molar-refractivity contribution in [3.05, 3.63) is 47.2 Å². The number of aliphatic hydroxyl groups excluding tert-OH is 1. The van der Waals surface area contributed by atoms with Crippen LogP contribution in [0.25, 0.3) is 0 Å². The fourth-order valence-corrected chi connectivity index (χ4v) is 1.70. The summed E-state index contributed by atoms with van der Waals surface area (Å²) in [5, 5.41) is 14.0. The molecule has 0 saturated carbocycles. The van der Waals surface area contributed by atoms with Crippen molar-refractivity contribution < 1.29 is 18.6 Å². The molecule has 0 aliphatic carbocycles. The van der Waals surface area contributed by atoms with Gasteiger partial charge in [0.1, 0.15) is 17.7 Å². The predicted molar refractivity (Wildman–Crippen MR) is 60.2 cm³/mol. The highest BCUT2D eigenvalue weighted by Crippen LogP contribution is 2.25. The molecular weight excluding hydrogens is 242 g/mol. The second-order valence-corrected chi connectivity index (χ2v) is 3.84. The van der Waals surface area contributed by atoms with Crippen molar-refractivity contribution in [2.75, 3.05) is 7.11 Å². The third-order valence-electron chi connectivity index (χ3n) is 2.55. The van der Waals surface area contributed by atoms with Gasteiger partial charge in [0, 0.05) is 19.2 Å². The molecule has 1 aromatic carbocycles. The minimum atomic E-state index is -1.20. The van der Waals surface area contributed by atoms with Crippen LogP contribution in [0.3, 0.4) is 0 Å². The lowest BCUT2D eigenvalue weighted by atomic mass is 10.1. The molecule has 0 amide bonds. The smallest absolute Gasteiger partial charge is 0.211 e. The van der Waals surface area contributed by atoms with E-state index >= 15 is 0 Å². The SMILES string of the molecule is COc1cc(C(O)c2cc(F)cc(F)c2)nn1C. The molecule has 96 valence electrons. The molecule has 1 atom stereocenters. The maximum atomic E-state index is 13.1. The molecule has 2 aromatic rings. The summed E-state index contributed by atoms with van der Waals surface area (Å²) in [5.41, 5.74) is 0.368. The molecule has 2 rings (SSSR count). The second kappa shape index (κ2) is 4.73. The van der Waals surface area contributed by atoms with E-state index in [0.29, 0.717) is 5.88 Å². The van der Waals surface area contributed by atoms with Crippen molar-refractivity contribution in [3.63, 3.8) is 0 Å². The zero-order chi connectivity index (χ0) is 13.3. The van der Waals surface area contributed by atoms with Gasteiger partial charge in [0.05, 0.1) is 12.8 Å². The van der Waals surface area contributed by atoms with Crippen LogP contribution in [-0.4, -0.2) is 22.0 Å². The maximum Gasteiger partial charge on any atom is 0.211 e. The summed E-state index contributed by atoms with van der Waals surface area (Å²) in [7, 11) is 3.11. The summed E-state index contributed by atoms with van der Waals surface area (Å²) >= 11 is 0. The highest BCUT2D eigenvalue weighted by molar-refractivity contribution is 5.29. The van der Waals surface area contributed by atoms with Crippen LogP contribution in [0.1, 0.15) is 17.4 Å². The number of benzene rings is 1. The van der Waals surface area contributed by atoms with Gasteiger partial charge in [-0.1, -0.05) is 0 Å². The highest BCUT2D eigenvalue weighted by Gasteiger charge is 2.17. The minimum Gasteiger partial charge on any atom is -0.481 e. The molecular formula is C12H12F2N2O2. The summed E-state index contributed by atoms with van der Waals surface area (Å²) in [4.78, 5) is 0. The quantitative estimate of drug-likeness (QED) is 0.908. The molecule has 0 bridgehead atoms. The van der Waals surface area contributed by atoms with E-state index in [1.54, 1.807) is 7.05 Å². The van der Waals surface area contributed by atoms with Gasteiger partial charge in [-0.05, 0) is 17.7 Å². The van der Waals surface area contributed by atoms with Gasteiger partial charge in [-0.2, -0.15) is 5.10 Å². The van der Waals surface area contributed by atoms with Gasteiger partial charge >= 0.3 is 0 Å². The number of aromatic nitrogens is 2. The van der Waals surface area contributed by atoms with E-state index in [2.05, 4.69) is 5.10 Å². The zero-order valence-electron chi connectivity index (χ0n) is 9.89. The first kappa shape index (κ1) is 12.5. The van der Waals surface area contributed by atoms with E-state index in [1.807, 2.05) is 0 Å². The van der Waals surface area contributed by atoms with Gasteiger partial charge in [-0.15, -0.1) is 0 Å². The molecule has 1 unspecified atom stereocenters. The van der Waals surface area contributed by atoms with Crippen molar-refractivity contribution in [2.45, 2.75) is 6.10 Å². The predicted octanol–water partition coefficient (Wildman–Crippen LogP) is 1.79. The van der Waals surface area contributed by atoms with Crippen molar-refractivity contribution in [3.8, 4) is 5.88 Å². The van der Waals surface area contributed by atoms with Crippen molar-refractivity contribution in [1.82, 2.24) is 9.78 Å². The van der Waals surface area contributed by atoms with E-state index in [1.165, 1.54) is 17.9 Å². The molecule has 0 saturated heterocycles. The fraction of sp³-hybridized carbons (Fsp3) is 0.250. The number of methoxy groups -OCH3 is 1. The Labute approximate surface area is 102 Å². The third-order valence-corrected chi connectivity index (χ3v) is 2.55. The lowest BCUT2D eigenvalue weighted by Crippen LogP contribution is -2.03. The average molecular weight is 254 g/mol. The largest absolute Gasteiger partial charge is 0.481 e. The topological polar surface area (TPSA) is 47.3 Å². The van der Waals surface area contributed by atoms with Crippen molar-refractivity contribution in [1.29, 1.82) is 0 Å². The summed E-state index contributed by atoms with van der Waals surface area (Å²) < 4.78 is 32.5. The summed E-state index contributed by atoms with van der Waals surface area (Å²) in [5.74, 6) is -1.04. The van der Waals surface area contributed by atoms with Crippen LogP contribution < -0.4 is 4.74 Å². The van der Waals surface area contributed by atoms with Gasteiger partial charge in [0.2, 0.25) is 5.88 Å². The number of aryl methyl sites for hydroxylation is 1. The number of aliphatic hydroxyl groups is 1. The standard InChI is InChI=1S/C12H12F2N2O2/c1-16-11(18-2)6-10(15-16)12(17)7-3-8(13)5-9(14)4-7/h3-6,12,17H,1-2H3. The van der Waals surface area contributed by atoms with Gasteiger partial charge < -0.3 is 9.84 Å². The Morgan fingerprint density at radius 2 is 1.83 bits per heavy atom. The highest BCUT2D eigenvalue weighted by atomic mass is 19.1. The first-order chi connectivity index (χ1) is 8.51. The fourth-order valence-electron chi connectivity index (χ4n) is 1.70. The third kappa shape index (κ3) is 2.33. The Balaban J connectivity index is 2.37. The number of ether oxygens (including phenoxy) is 1. The van der Waals surface area contributed by atoms with Crippen LogP contribution in [0.4, 0.5) is 8.78 Å². The Kier molecular flexibility index (Phi) is 3.29. The lowest BCUT2D eigenvalue weighted by Gasteiger charge is -2.08. The van der Waals surface area contributed by atoms with Gasteiger partial charge in [-0.25, -0.2) is 13.5 Å². The lowest BCUT2D eigenvalue weighted by molar-refractivity contribution is 0.213. The second-order valence-electron chi connectivity index (χ2n) is 3.84. The Morgan fingerprint density at radius 1 is 1.22 bits per heavy atom. The van der Waals surface area contributed by atoms with Gasteiger partial charge in [-0.3, -0.25) is 0 Å². The molecule has 18 heavy (non-hydrogen) atoms. The molecule has 1 heterocycles. The summed E-state index contributed by atoms with van der Waals surface area (Å²) in [6.45, 7) is 0. The molecule has 0 radical (unpaired) electrons. The van der Waals surface area contributed by atoms with Crippen LogP contribution in [-0.2, 0) is 7.05 Å². The van der Waals surface area contributed by atoms with Crippen LogP contribution in [0, 0.1) is 11.6 Å². The molecule has 4 nitrogen and oxygen atoms in total. The van der Waals surface area contributed by atoms with Crippen LogP contribution in [0.2, 0.25) is 0 Å². The Bertz CT molecular complexity index is 549. The number of hydrogen-bond acceptors (Lipinski definition) is 3. The maximum absolute atomic E-state index is 13.1. The molecule has 0 aliphatic heterocycles. The zero-order valence-corrected chi connectivity index (χ0v) is 9.89. The van der Waals surface area contributed by atoms with Gasteiger partial charge in [0.15, 0.2) is 0 Å². The Morgan fingerprint density at radius 3 is 2.33 bits per heavy atom. The molecule has 0 aliphatic rings. The molecule has 1 N–H and O–H groups in total. The monoisotopic (exact) mass is 254 g/mol. The first-order valence-corrected chi connectivity index (χ1v) is 5.23. The average Bonchev–Trinajstić information content (AvgIpc) is 2.68. The number of rotatable bonds is 3. The van der Waals surface area contributed by atoms with Crippen molar-refractivity contribution >= 4 is 0 Å². The van der Waals surface area contributed by atoms with Crippen LogP contribution >= 0.6 is 0 Å². The normalized spacial score (nSPS) is 12.5. The van der Waals surface area contributed by atoms with E-state index in [-0.39, 0.29) is 11.3 Å². The minimum absolute atomic E-state index is 0.105. The number of halogens is 2. The molecule has 1 aromatic heterocycles. The van der Waals surface area contributed by atoms with Crippen LogP contribution in [0.15, 0.2) is 24.3 Å². The van der Waals surface area contributed by atoms with Gasteiger partial charge in [0.25, 0.3) is 0 Å². The number of hydrogen-bond donors (Lipinski definition) is 1. The van der Waals surface area contributed by atoms with E-state index in [9.17, 15) is 13.9 Å². The first-order valence-electron chi connectivity index (χ1n) is 5.23. The molecule has 0 spiro atoms. The summed E-state index contributed by atoms with van der Waals surface area (Å²) in [6.07, 6.45) is -1.20. The Hall–Kier alpha value is -1.95. The molecule has 6 heteroatoms. The van der Waals surface area contributed by atoms with E-state index in [0.717, 1.165) is 18.2 Å². The van der Waals surface area contributed by atoms with E-state index in [4.69, 9.17) is 4.74 Å². The number of nitrogens with zero attached hydrogens (tertiary/aromatic N) is 2. The van der Waals surface area contributed by atoms with E-state index < -0.39 is 17.7 Å². The van der Waals surface area contributed by atoms with Crippen LogP contribution in [0.5, 0.6) is 5.88 Å². The summed E-state index contributed by atoms with van der Waals surface area (Å²) in [6, 6.07) is 4.38. The van der Waals surface area contributed by atoms with Crippen molar-refractivity contribution in [2.24, 2.45) is 7.05 Å².